The maximum Gasteiger partial charge on any atom is 0.197 e. The third-order valence-corrected chi connectivity index (χ3v) is 4.20. The van der Waals surface area contributed by atoms with E-state index in [9.17, 15) is 4.79 Å². The molecule has 3 aromatic rings. The molecular weight excluding hydrogens is 333 g/mol. The standard InChI is InChI=1S/C18H15Cl2NO2/c1-2-9-23-15-8-3-5-11-17(15)21-10-12(18(11)22)16-13(19)6-4-7-14(16)20/h3-8,10H,2,9H2,1H3,(H,21,22). The molecule has 0 saturated carbocycles. The fourth-order valence-electron chi connectivity index (χ4n) is 2.50. The number of aromatic nitrogens is 1. The van der Waals surface area contributed by atoms with Crippen molar-refractivity contribution in [3.05, 3.63) is 62.9 Å². The van der Waals surface area contributed by atoms with E-state index in [2.05, 4.69) is 4.98 Å². The van der Waals surface area contributed by atoms with Crippen LogP contribution in [0.25, 0.3) is 22.0 Å². The van der Waals surface area contributed by atoms with Crippen molar-refractivity contribution < 1.29 is 4.74 Å². The molecule has 0 atom stereocenters. The fraction of sp³-hybridized carbons (Fsp3) is 0.167. The summed E-state index contributed by atoms with van der Waals surface area (Å²) in [5.41, 5.74) is 1.54. The molecule has 0 amide bonds. The van der Waals surface area contributed by atoms with E-state index in [1.54, 1.807) is 36.5 Å². The zero-order valence-corrected chi connectivity index (χ0v) is 14.0. The van der Waals surface area contributed by atoms with Crippen molar-refractivity contribution in [2.45, 2.75) is 13.3 Å². The Kier molecular flexibility index (Phi) is 4.60. The van der Waals surface area contributed by atoms with Crippen LogP contribution in [0, 0.1) is 0 Å². The van der Waals surface area contributed by atoms with Crippen LogP contribution in [0.5, 0.6) is 5.75 Å². The molecule has 3 rings (SSSR count). The quantitative estimate of drug-likeness (QED) is 0.696. The first-order chi connectivity index (χ1) is 11.1. The summed E-state index contributed by atoms with van der Waals surface area (Å²) in [4.78, 5) is 16.0. The number of rotatable bonds is 4. The molecule has 1 aromatic heterocycles. The molecule has 1 N–H and O–H groups in total. The van der Waals surface area contributed by atoms with Gasteiger partial charge in [0, 0.05) is 22.7 Å². The molecular formula is C18H15Cl2NO2. The van der Waals surface area contributed by atoms with E-state index in [1.807, 2.05) is 13.0 Å². The Labute approximate surface area is 143 Å². The number of nitrogens with one attached hydrogen (secondary N) is 1. The van der Waals surface area contributed by atoms with Gasteiger partial charge in [-0.25, -0.2) is 0 Å². The first-order valence-corrected chi connectivity index (χ1v) is 8.10. The second-order valence-corrected chi connectivity index (χ2v) is 5.97. The second-order valence-electron chi connectivity index (χ2n) is 5.16. The molecule has 0 bridgehead atoms. The lowest BCUT2D eigenvalue weighted by Gasteiger charge is -2.11. The minimum atomic E-state index is -0.129. The Morgan fingerprint density at radius 3 is 2.48 bits per heavy atom. The molecule has 3 nitrogen and oxygen atoms in total. The van der Waals surface area contributed by atoms with Crippen molar-refractivity contribution >= 4 is 34.1 Å². The molecule has 2 aromatic carbocycles. The number of halogens is 2. The Balaban J connectivity index is 2.23. The molecule has 0 unspecified atom stereocenters. The average Bonchev–Trinajstić information content (AvgIpc) is 2.55. The molecule has 0 aliphatic heterocycles. The van der Waals surface area contributed by atoms with E-state index < -0.39 is 0 Å². The van der Waals surface area contributed by atoms with Crippen molar-refractivity contribution in [2.75, 3.05) is 6.61 Å². The van der Waals surface area contributed by atoms with Crippen LogP contribution in [0.15, 0.2) is 47.4 Å². The van der Waals surface area contributed by atoms with Gasteiger partial charge in [0.1, 0.15) is 5.75 Å². The van der Waals surface area contributed by atoms with Gasteiger partial charge in [-0.3, -0.25) is 4.79 Å². The van der Waals surface area contributed by atoms with Crippen molar-refractivity contribution in [2.24, 2.45) is 0 Å². The Morgan fingerprint density at radius 2 is 1.78 bits per heavy atom. The average molecular weight is 348 g/mol. The first kappa shape index (κ1) is 15.9. The number of hydrogen-bond acceptors (Lipinski definition) is 2. The number of pyridine rings is 1. The number of para-hydroxylation sites is 1. The highest BCUT2D eigenvalue weighted by atomic mass is 35.5. The Morgan fingerprint density at radius 1 is 1.09 bits per heavy atom. The molecule has 0 radical (unpaired) electrons. The third-order valence-electron chi connectivity index (χ3n) is 3.57. The normalized spacial score (nSPS) is 10.9. The predicted molar refractivity (Wildman–Crippen MR) is 95.8 cm³/mol. The smallest absolute Gasteiger partial charge is 0.197 e. The fourth-order valence-corrected chi connectivity index (χ4v) is 3.10. The number of fused-ring (bicyclic) bond motifs is 1. The summed E-state index contributed by atoms with van der Waals surface area (Å²) < 4.78 is 5.69. The van der Waals surface area contributed by atoms with Gasteiger partial charge in [0.25, 0.3) is 0 Å². The van der Waals surface area contributed by atoms with Gasteiger partial charge in [-0.2, -0.15) is 0 Å². The molecule has 1 heterocycles. The van der Waals surface area contributed by atoms with Gasteiger partial charge in [0.05, 0.1) is 22.2 Å². The maximum absolute atomic E-state index is 12.9. The topological polar surface area (TPSA) is 42.1 Å². The van der Waals surface area contributed by atoms with Crippen LogP contribution < -0.4 is 10.2 Å². The largest absolute Gasteiger partial charge is 0.491 e. The highest BCUT2D eigenvalue weighted by Gasteiger charge is 2.15. The van der Waals surface area contributed by atoms with E-state index >= 15 is 0 Å². The molecule has 118 valence electrons. The van der Waals surface area contributed by atoms with Crippen LogP contribution in [0.2, 0.25) is 10.0 Å². The van der Waals surface area contributed by atoms with Gasteiger partial charge in [0.2, 0.25) is 0 Å². The molecule has 0 spiro atoms. The van der Waals surface area contributed by atoms with E-state index in [0.717, 1.165) is 6.42 Å². The summed E-state index contributed by atoms with van der Waals surface area (Å²) in [5.74, 6) is 0.665. The van der Waals surface area contributed by atoms with Crippen molar-refractivity contribution in [3.63, 3.8) is 0 Å². The Hall–Kier alpha value is -1.97. The van der Waals surface area contributed by atoms with Gasteiger partial charge in [-0.05, 0) is 30.7 Å². The summed E-state index contributed by atoms with van der Waals surface area (Å²) in [6, 6.07) is 10.6. The first-order valence-electron chi connectivity index (χ1n) is 7.35. The third kappa shape index (κ3) is 2.94. The summed E-state index contributed by atoms with van der Waals surface area (Å²) in [6.07, 6.45) is 2.53. The summed E-state index contributed by atoms with van der Waals surface area (Å²) >= 11 is 12.5. The lowest BCUT2D eigenvalue weighted by atomic mass is 10.0. The lowest BCUT2D eigenvalue weighted by molar-refractivity contribution is 0.320. The van der Waals surface area contributed by atoms with E-state index in [0.29, 0.717) is 44.4 Å². The summed E-state index contributed by atoms with van der Waals surface area (Å²) in [6.45, 7) is 2.63. The van der Waals surface area contributed by atoms with Crippen LogP contribution in [-0.2, 0) is 0 Å². The SMILES string of the molecule is CCCOc1cccc2c(=O)c(-c3c(Cl)cccc3Cl)c[nH]c12. The molecule has 0 saturated heterocycles. The molecule has 5 heteroatoms. The van der Waals surface area contributed by atoms with Crippen molar-refractivity contribution in [1.82, 2.24) is 4.98 Å². The van der Waals surface area contributed by atoms with Gasteiger partial charge < -0.3 is 9.72 Å². The molecule has 0 aliphatic carbocycles. The molecule has 0 aliphatic rings. The van der Waals surface area contributed by atoms with Gasteiger partial charge in [-0.1, -0.05) is 42.3 Å². The van der Waals surface area contributed by atoms with Crippen molar-refractivity contribution in [3.8, 4) is 16.9 Å². The number of H-pyrrole nitrogens is 1. The van der Waals surface area contributed by atoms with Crippen LogP contribution in [0.4, 0.5) is 0 Å². The number of aromatic amines is 1. The van der Waals surface area contributed by atoms with Crippen LogP contribution in [0.3, 0.4) is 0 Å². The summed E-state index contributed by atoms with van der Waals surface area (Å²) in [7, 11) is 0. The van der Waals surface area contributed by atoms with E-state index in [4.69, 9.17) is 27.9 Å². The van der Waals surface area contributed by atoms with Gasteiger partial charge in [-0.15, -0.1) is 0 Å². The van der Waals surface area contributed by atoms with Crippen LogP contribution >= 0.6 is 23.2 Å². The minimum Gasteiger partial charge on any atom is -0.491 e. The van der Waals surface area contributed by atoms with E-state index in [1.165, 1.54) is 0 Å². The Bertz CT molecular complexity index is 898. The number of ether oxygens (including phenoxy) is 1. The number of hydrogen-bond donors (Lipinski definition) is 1. The van der Waals surface area contributed by atoms with Crippen LogP contribution in [-0.4, -0.2) is 11.6 Å². The van der Waals surface area contributed by atoms with E-state index in [-0.39, 0.29) is 5.43 Å². The zero-order valence-electron chi connectivity index (χ0n) is 12.5. The second kappa shape index (κ2) is 6.65. The highest BCUT2D eigenvalue weighted by Crippen LogP contribution is 2.33. The number of benzene rings is 2. The lowest BCUT2D eigenvalue weighted by Crippen LogP contribution is -2.08. The van der Waals surface area contributed by atoms with Gasteiger partial charge in [0.15, 0.2) is 5.43 Å². The van der Waals surface area contributed by atoms with Crippen molar-refractivity contribution in [1.29, 1.82) is 0 Å². The monoisotopic (exact) mass is 347 g/mol. The van der Waals surface area contributed by atoms with Crippen LogP contribution in [0.1, 0.15) is 13.3 Å². The highest BCUT2D eigenvalue weighted by molar-refractivity contribution is 6.39. The maximum atomic E-state index is 12.9. The molecule has 23 heavy (non-hydrogen) atoms. The summed E-state index contributed by atoms with van der Waals surface area (Å²) in [5, 5.41) is 1.44. The van der Waals surface area contributed by atoms with Gasteiger partial charge >= 0.3 is 0 Å². The predicted octanol–water partition coefficient (Wildman–Crippen LogP) is 5.29. The zero-order chi connectivity index (χ0) is 16.4. The minimum absolute atomic E-state index is 0.129. The molecule has 0 fully saturated rings.